The zero-order valence-corrected chi connectivity index (χ0v) is 11.1. The van der Waals surface area contributed by atoms with E-state index in [9.17, 15) is 14.7 Å². The predicted octanol–water partition coefficient (Wildman–Crippen LogP) is 1.15. The number of hydrogen-bond acceptors (Lipinski definition) is 3. The van der Waals surface area contributed by atoms with E-state index in [2.05, 4.69) is 13.2 Å². The topological polar surface area (TPSA) is 83.6 Å². The number of nitrogens with zero attached hydrogens (tertiary/aromatic N) is 1. The van der Waals surface area contributed by atoms with Gasteiger partial charge in [-0.05, 0) is 12.1 Å². The summed E-state index contributed by atoms with van der Waals surface area (Å²) in [5.74, 6) is -0.669. The molecule has 0 unspecified atom stereocenters. The molecule has 1 aromatic carbocycles. The van der Waals surface area contributed by atoms with Crippen LogP contribution in [-0.4, -0.2) is 35.9 Å². The Hall–Kier alpha value is -2.56. The van der Waals surface area contributed by atoms with Crippen LogP contribution >= 0.6 is 0 Å². The number of likely N-dealkylation sites (N-methyl/N-ethyl adjacent to an activating group) is 1. The number of amides is 2. The van der Waals surface area contributed by atoms with Crippen molar-refractivity contribution in [2.24, 2.45) is 5.73 Å². The van der Waals surface area contributed by atoms with Gasteiger partial charge in [-0.3, -0.25) is 9.59 Å². The summed E-state index contributed by atoms with van der Waals surface area (Å²) in [6, 6.07) is 6.42. The van der Waals surface area contributed by atoms with Crippen molar-refractivity contribution in [3.05, 3.63) is 49.1 Å². The number of phenolic OH excluding ortho intramolecular Hbond substituents is 1. The van der Waals surface area contributed by atoms with Gasteiger partial charge in [-0.15, -0.1) is 0 Å². The largest absolute Gasteiger partial charge is 0.507 e. The predicted molar refractivity (Wildman–Crippen MR) is 75.2 cm³/mol. The molecule has 0 saturated carbocycles. The monoisotopic (exact) mass is 262 g/mol. The Morgan fingerprint density at radius 2 is 1.84 bits per heavy atom. The van der Waals surface area contributed by atoms with Crippen molar-refractivity contribution < 1.29 is 14.7 Å². The molecule has 0 heterocycles. The summed E-state index contributed by atoms with van der Waals surface area (Å²) in [5, 5.41) is 9.26. The molecule has 0 aromatic heterocycles. The Bertz CT molecular complexity index is 493. The quantitative estimate of drug-likeness (QED) is 0.801. The van der Waals surface area contributed by atoms with Crippen molar-refractivity contribution in [3.8, 4) is 5.75 Å². The standard InChI is InChI=1S/C9H9NO2.C5H9NO/c1-6(9(10)12)7-4-2-3-5-8(7)11;1-4-5(7)6(2)3/h2-5,11H,1H2,(H2,10,12);4H,1H2,2-3H3. The third-order valence-electron chi connectivity index (χ3n) is 2.14. The first kappa shape index (κ1) is 16.4. The summed E-state index contributed by atoms with van der Waals surface area (Å²) >= 11 is 0. The molecular weight excluding hydrogens is 244 g/mol. The molecule has 0 radical (unpaired) electrons. The summed E-state index contributed by atoms with van der Waals surface area (Å²) in [5.41, 5.74) is 5.49. The molecule has 0 bridgehead atoms. The van der Waals surface area contributed by atoms with E-state index in [-0.39, 0.29) is 17.2 Å². The number of phenols is 1. The highest BCUT2D eigenvalue weighted by Gasteiger charge is 2.08. The van der Waals surface area contributed by atoms with E-state index >= 15 is 0 Å². The maximum Gasteiger partial charge on any atom is 0.248 e. The molecule has 0 aliphatic heterocycles. The van der Waals surface area contributed by atoms with E-state index in [1.807, 2.05) is 0 Å². The summed E-state index contributed by atoms with van der Waals surface area (Å²) in [4.78, 5) is 22.4. The van der Waals surface area contributed by atoms with Gasteiger partial charge in [-0.1, -0.05) is 31.4 Å². The van der Waals surface area contributed by atoms with Crippen LogP contribution < -0.4 is 5.73 Å². The van der Waals surface area contributed by atoms with Gasteiger partial charge in [0.15, 0.2) is 0 Å². The van der Waals surface area contributed by atoms with Gasteiger partial charge in [0, 0.05) is 25.2 Å². The van der Waals surface area contributed by atoms with Crippen LogP contribution in [0.2, 0.25) is 0 Å². The number of carbonyl (C=O) groups excluding carboxylic acids is 2. The van der Waals surface area contributed by atoms with Crippen LogP contribution in [0.15, 0.2) is 43.5 Å². The lowest BCUT2D eigenvalue weighted by atomic mass is 10.1. The second-order valence-electron chi connectivity index (χ2n) is 3.80. The lowest BCUT2D eigenvalue weighted by Gasteiger charge is -2.03. The lowest BCUT2D eigenvalue weighted by Crippen LogP contribution is -2.18. The van der Waals surface area contributed by atoms with E-state index in [0.29, 0.717) is 5.56 Å². The molecule has 0 aliphatic carbocycles. The van der Waals surface area contributed by atoms with Crippen molar-refractivity contribution in [1.82, 2.24) is 4.90 Å². The second kappa shape index (κ2) is 7.71. The van der Waals surface area contributed by atoms with Crippen molar-refractivity contribution in [2.45, 2.75) is 0 Å². The maximum absolute atomic E-state index is 10.7. The van der Waals surface area contributed by atoms with Gasteiger partial charge >= 0.3 is 0 Å². The SMILES string of the molecule is C=C(C(N)=O)c1ccccc1O.C=CC(=O)N(C)C. The third kappa shape index (κ3) is 5.54. The maximum atomic E-state index is 10.7. The third-order valence-corrected chi connectivity index (χ3v) is 2.14. The van der Waals surface area contributed by atoms with Gasteiger partial charge in [0.1, 0.15) is 5.75 Å². The fourth-order valence-corrected chi connectivity index (χ4v) is 1.04. The molecule has 5 heteroatoms. The fourth-order valence-electron chi connectivity index (χ4n) is 1.04. The van der Waals surface area contributed by atoms with Crippen LogP contribution in [0.4, 0.5) is 0 Å². The van der Waals surface area contributed by atoms with Gasteiger partial charge in [0.05, 0.1) is 0 Å². The molecule has 102 valence electrons. The van der Waals surface area contributed by atoms with Crippen molar-refractivity contribution in [1.29, 1.82) is 0 Å². The van der Waals surface area contributed by atoms with E-state index in [1.54, 1.807) is 32.3 Å². The number of aromatic hydroxyl groups is 1. The number of hydrogen-bond donors (Lipinski definition) is 2. The molecule has 2 amide bonds. The van der Waals surface area contributed by atoms with Gasteiger partial charge in [-0.25, -0.2) is 0 Å². The number of para-hydroxylation sites is 1. The fraction of sp³-hybridized carbons (Fsp3) is 0.143. The zero-order chi connectivity index (χ0) is 15.0. The Morgan fingerprint density at radius 1 is 1.32 bits per heavy atom. The molecule has 3 N–H and O–H groups in total. The first-order chi connectivity index (χ1) is 8.81. The van der Waals surface area contributed by atoms with Crippen LogP contribution in [-0.2, 0) is 9.59 Å². The van der Waals surface area contributed by atoms with Crippen molar-refractivity contribution in [2.75, 3.05) is 14.1 Å². The lowest BCUT2D eigenvalue weighted by molar-refractivity contribution is -0.123. The van der Waals surface area contributed by atoms with Crippen LogP contribution in [0, 0.1) is 0 Å². The highest BCUT2D eigenvalue weighted by Crippen LogP contribution is 2.22. The average Bonchev–Trinajstić information content (AvgIpc) is 2.38. The summed E-state index contributed by atoms with van der Waals surface area (Å²) < 4.78 is 0. The van der Waals surface area contributed by atoms with Crippen LogP contribution in [0.3, 0.4) is 0 Å². The number of rotatable bonds is 3. The molecule has 5 nitrogen and oxygen atoms in total. The van der Waals surface area contributed by atoms with Crippen molar-refractivity contribution >= 4 is 17.4 Å². The Morgan fingerprint density at radius 3 is 2.16 bits per heavy atom. The van der Waals surface area contributed by atoms with Crippen LogP contribution in [0.25, 0.3) is 5.57 Å². The van der Waals surface area contributed by atoms with Gasteiger partial charge in [0.2, 0.25) is 11.8 Å². The molecule has 0 saturated heterocycles. The molecule has 1 aromatic rings. The first-order valence-electron chi connectivity index (χ1n) is 5.42. The number of carbonyl (C=O) groups is 2. The molecular formula is C14H18N2O3. The normalized spacial score (nSPS) is 8.74. The second-order valence-corrected chi connectivity index (χ2v) is 3.80. The van der Waals surface area contributed by atoms with Gasteiger partial charge in [-0.2, -0.15) is 0 Å². The Balaban J connectivity index is 0.000000399. The number of benzene rings is 1. The van der Waals surface area contributed by atoms with E-state index < -0.39 is 5.91 Å². The minimum atomic E-state index is -0.628. The van der Waals surface area contributed by atoms with Gasteiger partial charge < -0.3 is 15.7 Å². The molecule has 0 spiro atoms. The smallest absolute Gasteiger partial charge is 0.248 e. The molecule has 19 heavy (non-hydrogen) atoms. The zero-order valence-electron chi connectivity index (χ0n) is 11.1. The average molecular weight is 262 g/mol. The van der Waals surface area contributed by atoms with E-state index in [4.69, 9.17) is 5.73 Å². The van der Waals surface area contributed by atoms with Crippen LogP contribution in [0.5, 0.6) is 5.75 Å². The van der Waals surface area contributed by atoms with Crippen LogP contribution in [0.1, 0.15) is 5.56 Å². The number of primary amides is 1. The molecule has 1 rings (SSSR count). The number of nitrogens with two attached hydrogens (primary N) is 1. The van der Waals surface area contributed by atoms with E-state index in [0.717, 1.165) is 0 Å². The molecule has 0 fully saturated rings. The van der Waals surface area contributed by atoms with Gasteiger partial charge in [0.25, 0.3) is 0 Å². The molecule has 0 aliphatic rings. The molecule has 0 atom stereocenters. The minimum absolute atomic E-state index is 0.0151. The summed E-state index contributed by atoms with van der Waals surface area (Å²) in [7, 11) is 3.37. The summed E-state index contributed by atoms with van der Waals surface area (Å²) in [6.45, 7) is 6.74. The van der Waals surface area contributed by atoms with Crippen molar-refractivity contribution in [3.63, 3.8) is 0 Å². The Labute approximate surface area is 112 Å². The highest BCUT2D eigenvalue weighted by atomic mass is 16.3. The Kier molecular flexibility index (Phi) is 6.67. The highest BCUT2D eigenvalue weighted by molar-refractivity contribution is 6.18. The van der Waals surface area contributed by atoms with E-state index in [1.165, 1.54) is 17.0 Å². The summed E-state index contributed by atoms with van der Waals surface area (Å²) in [6.07, 6.45) is 1.28. The first-order valence-corrected chi connectivity index (χ1v) is 5.42. The minimum Gasteiger partial charge on any atom is -0.507 e.